The number of fused-ring (bicyclic) bond motifs is 9. The van der Waals surface area contributed by atoms with Crippen molar-refractivity contribution in [2.75, 3.05) is 0 Å². The third-order valence-corrected chi connectivity index (χ3v) is 10.4. The number of benzene rings is 6. The highest BCUT2D eigenvalue weighted by Gasteiger charge is 2.18. The summed E-state index contributed by atoms with van der Waals surface area (Å²) in [5.74, 6) is 0. The van der Waals surface area contributed by atoms with Gasteiger partial charge in [-0.15, -0.1) is 11.3 Å². The molecule has 0 radical (unpaired) electrons. The molecule has 0 aliphatic heterocycles. The van der Waals surface area contributed by atoms with Gasteiger partial charge in [0.1, 0.15) is 0 Å². The van der Waals surface area contributed by atoms with E-state index in [0.717, 1.165) is 6.42 Å². The van der Waals surface area contributed by atoms with Crippen LogP contribution >= 0.6 is 11.3 Å². The van der Waals surface area contributed by atoms with Gasteiger partial charge in [-0.1, -0.05) is 79.7 Å². The summed E-state index contributed by atoms with van der Waals surface area (Å²) in [7, 11) is 2.17. The van der Waals surface area contributed by atoms with Crippen LogP contribution in [0.1, 0.15) is 12.5 Å². The Bertz CT molecular complexity index is 2520. The predicted octanol–water partition coefficient (Wildman–Crippen LogP) is 11.0. The predicted molar refractivity (Wildman–Crippen MR) is 182 cm³/mol. The van der Waals surface area contributed by atoms with Gasteiger partial charge in [0.05, 0.1) is 11.0 Å². The van der Waals surface area contributed by atoms with Crippen LogP contribution in [0.2, 0.25) is 0 Å². The lowest BCUT2D eigenvalue weighted by Gasteiger charge is -2.12. The molecule has 3 heteroatoms. The summed E-state index contributed by atoms with van der Waals surface area (Å²) in [6, 6.07) is 45.0. The molecule has 0 atom stereocenters. The monoisotopic (exact) mass is 556 g/mol. The van der Waals surface area contributed by atoms with Crippen LogP contribution in [0.25, 0.3) is 80.6 Å². The summed E-state index contributed by atoms with van der Waals surface area (Å²) in [5, 5.41) is 7.90. The summed E-state index contributed by atoms with van der Waals surface area (Å²) in [6.07, 6.45) is 1.01. The first-order valence-electron chi connectivity index (χ1n) is 14.7. The number of rotatable bonds is 3. The average Bonchev–Trinajstić information content (AvgIpc) is 3.68. The minimum atomic E-state index is 1.01. The standard InChI is InChI=1S/C39H28N2S/c1-3-24-21-26(23-32-29-12-6-9-18-37(29)42-39(24)32)41-34-16-8-4-11-28(34)31-22-25(19-20-35(31)41)27-14-10-17-36-38(27)30-13-5-7-15-33(30)40(36)2/h4-23H,3H2,1-2H3. The molecule has 3 aromatic heterocycles. The number of aryl methyl sites for hydroxylation is 2. The molecule has 9 rings (SSSR count). The Morgan fingerprint density at radius 2 is 1.29 bits per heavy atom. The fraction of sp³-hybridized carbons (Fsp3) is 0.0769. The molecule has 0 aliphatic rings. The highest BCUT2D eigenvalue weighted by atomic mass is 32.1. The van der Waals surface area contributed by atoms with E-state index >= 15 is 0 Å². The van der Waals surface area contributed by atoms with Crippen LogP contribution in [0.4, 0.5) is 0 Å². The van der Waals surface area contributed by atoms with Crippen molar-refractivity contribution in [3.63, 3.8) is 0 Å². The lowest BCUT2D eigenvalue weighted by Crippen LogP contribution is -1.95. The number of aromatic nitrogens is 2. The first-order valence-corrected chi connectivity index (χ1v) is 15.5. The van der Waals surface area contributed by atoms with Crippen molar-refractivity contribution in [2.45, 2.75) is 13.3 Å². The van der Waals surface area contributed by atoms with E-state index in [9.17, 15) is 0 Å². The summed E-state index contributed by atoms with van der Waals surface area (Å²) in [4.78, 5) is 0. The van der Waals surface area contributed by atoms with E-state index < -0.39 is 0 Å². The maximum atomic E-state index is 2.47. The number of hydrogen-bond acceptors (Lipinski definition) is 1. The molecule has 9 aromatic rings. The second kappa shape index (κ2) is 8.82. The van der Waals surface area contributed by atoms with Crippen molar-refractivity contribution in [2.24, 2.45) is 7.05 Å². The topological polar surface area (TPSA) is 9.86 Å². The van der Waals surface area contributed by atoms with Gasteiger partial charge in [-0.25, -0.2) is 0 Å². The molecule has 200 valence electrons. The maximum absolute atomic E-state index is 2.47. The first kappa shape index (κ1) is 23.8. The fourth-order valence-corrected chi connectivity index (χ4v) is 8.41. The largest absolute Gasteiger partial charge is 0.344 e. The molecule has 0 fully saturated rings. The molecule has 42 heavy (non-hydrogen) atoms. The maximum Gasteiger partial charge on any atom is 0.0541 e. The third kappa shape index (κ3) is 3.20. The Balaban J connectivity index is 1.34. The van der Waals surface area contributed by atoms with Gasteiger partial charge in [0, 0.05) is 65.5 Å². The summed E-state index contributed by atoms with van der Waals surface area (Å²) in [5.41, 5.74) is 10.2. The van der Waals surface area contributed by atoms with Gasteiger partial charge in [-0.3, -0.25) is 0 Å². The van der Waals surface area contributed by atoms with Gasteiger partial charge in [0.2, 0.25) is 0 Å². The lowest BCUT2D eigenvalue weighted by molar-refractivity contribution is 1.01. The minimum Gasteiger partial charge on any atom is -0.344 e. The fourth-order valence-electron chi connectivity index (χ4n) is 7.14. The van der Waals surface area contributed by atoms with Crippen LogP contribution in [-0.4, -0.2) is 9.13 Å². The van der Waals surface area contributed by atoms with Gasteiger partial charge in [0.25, 0.3) is 0 Å². The van der Waals surface area contributed by atoms with Crippen LogP contribution in [0.15, 0.2) is 121 Å². The molecule has 6 aromatic carbocycles. The van der Waals surface area contributed by atoms with Crippen molar-refractivity contribution in [1.82, 2.24) is 9.13 Å². The van der Waals surface area contributed by atoms with Crippen LogP contribution < -0.4 is 0 Å². The zero-order valence-corrected chi connectivity index (χ0v) is 24.4. The van der Waals surface area contributed by atoms with Crippen molar-refractivity contribution in [3.8, 4) is 16.8 Å². The van der Waals surface area contributed by atoms with E-state index in [1.807, 2.05) is 11.3 Å². The molecule has 0 aliphatic carbocycles. The van der Waals surface area contributed by atoms with Crippen LogP contribution in [0, 0.1) is 0 Å². The molecule has 0 spiro atoms. The number of thiophene rings is 1. The van der Waals surface area contributed by atoms with Crippen LogP contribution in [0.3, 0.4) is 0 Å². The Morgan fingerprint density at radius 1 is 0.571 bits per heavy atom. The van der Waals surface area contributed by atoms with E-state index in [2.05, 4.69) is 144 Å². The van der Waals surface area contributed by atoms with Gasteiger partial charge in [0.15, 0.2) is 0 Å². The van der Waals surface area contributed by atoms with E-state index in [-0.39, 0.29) is 0 Å². The van der Waals surface area contributed by atoms with Crippen LogP contribution in [0.5, 0.6) is 0 Å². The second-order valence-corrected chi connectivity index (χ2v) is 12.3. The van der Waals surface area contributed by atoms with E-state index in [1.54, 1.807) is 0 Å². The Labute approximate surface area is 247 Å². The van der Waals surface area contributed by atoms with Gasteiger partial charge in [-0.05, 0) is 71.6 Å². The van der Waals surface area contributed by atoms with Crippen molar-refractivity contribution in [1.29, 1.82) is 0 Å². The van der Waals surface area contributed by atoms with E-state index in [0.29, 0.717) is 0 Å². The number of nitrogens with zero attached hydrogens (tertiary/aromatic N) is 2. The first-order chi connectivity index (χ1) is 20.7. The molecule has 2 nitrogen and oxygen atoms in total. The summed E-state index contributed by atoms with van der Waals surface area (Å²) >= 11 is 1.92. The highest BCUT2D eigenvalue weighted by molar-refractivity contribution is 7.26. The molecule has 0 bridgehead atoms. The van der Waals surface area contributed by atoms with Gasteiger partial charge in [-0.2, -0.15) is 0 Å². The van der Waals surface area contributed by atoms with Crippen molar-refractivity contribution < 1.29 is 0 Å². The molecule has 0 amide bonds. The molecule has 0 saturated heterocycles. The smallest absolute Gasteiger partial charge is 0.0541 e. The lowest BCUT2D eigenvalue weighted by atomic mass is 9.98. The Hall–Kier alpha value is -4.86. The summed E-state index contributed by atoms with van der Waals surface area (Å²) < 4.78 is 7.55. The van der Waals surface area contributed by atoms with E-state index in [1.165, 1.54) is 86.2 Å². The number of hydrogen-bond donors (Lipinski definition) is 0. The molecule has 3 heterocycles. The quantitative estimate of drug-likeness (QED) is 0.205. The Morgan fingerprint density at radius 3 is 2.14 bits per heavy atom. The third-order valence-electron chi connectivity index (χ3n) is 9.10. The zero-order chi connectivity index (χ0) is 27.9. The SMILES string of the molecule is CCc1cc(-n2c3ccccc3c3cc(-c4cccc5c4c4ccccc4n5C)ccc32)cc2c1sc1ccccc12. The van der Waals surface area contributed by atoms with Gasteiger partial charge < -0.3 is 9.13 Å². The molecule has 0 unspecified atom stereocenters. The molecule has 0 saturated carbocycles. The van der Waals surface area contributed by atoms with Gasteiger partial charge >= 0.3 is 0 Å². The average molecular weight is 557 g/mol. The van der Waals surface area contributed by atoms with Crippen molar-refractivity contribution >= 4 is 75.1 Å². The number of para-hydroxylation sites is 2. The second-order valence-electron chi connectivity index (χ2n) is 11.3. The molecule has 0 N–H and O–H groups in total. The minimum absolute atomic E-state index is 1.01. The zero-order valence-electron chi connectivity index (χ0n) is 23.6. The van der Waals surface area contributed by atoms with Crippen LogP contribution in [-0.2, 0) is 13.5 Å². The molecular formula is C39H28N2S. The highest BCUT2D eigenvalue weighted by Crippen LogP contribution is 2.42. The van der Waals surface area contributed by atoms with Crippen molar-refractivity contribution in [3.05, 3.63) is 127 Å². The Kier molecular flexibility index (Phi) is 5.00. The summed E-state index contributed by atoms with van der Waals surface area (Å²) in [6.45, 7) is 2.27. The van der Waals surface area contributed by atoms with E-state index in [4.69, 9.17) is 0 Å². The normalized spacial score (nSPS) is 12.1. The molecular weight excluding hydrogens is 529 g/mol.